The Morgan fingerprint density at radius 3 is 1.21 bits per heavy atom. The molecule has 13 aromatic rings. The maximum absolute atomic E-state index is 6.61. The fraction of sp³-hybridized carbons (Fsp3) is 0. The smallest absolute Gasteiger partial charge is 0.137 e. The Morgan fingerprint density at radius 1 is 0.241 bits per heavy atom. The van der Waals surface area contributed by atoms with Crippen molar-refractivity contribution in [3.63, 3.8) is 0 Å². The van der Waals surface area contributed by atoms with Gasteiger partial charge in [0.1, 0.15) is 11.2 Å². The molecule has 4 heterocycles. The predicted octanol–water partition coefficient (Wildman–Crippen LogP) is 14.5. The van der Waals surface area contributed by atoms with E-state index in [1.54, 1.807) is 0 Å². The van der Waals surface area contributed by atoms with Crippen LogP contribution in [0.5, 0.6) is 0 Å². The van der Waals surface area contributed by atoms with Crippen LogP contribution in [-0.2, 0) is 0 Å². The summed E-state index contributed by atoms with van der Waals surface area (Å²) in [6.07, 6.45) is 0. The van der Waals surface area contributed by atoms with Crippen molar-refractivity contribution in [2.75, 3.05) is 0 Å². The van der Waals surface area contributed by atoms with Crippen molar-refractivity contribution in [1.82, 2.24) is 13.7 Å². The summed E-state index contributed by atoms with van der Waals surface area (Å²) in [5.74, 6) is 0. The molecular weight excluding hydrogens is 707 g/mol. The number of para-hydroxylation sites is 5. The molecule has 0 aliphatic carbocycles. The van der Waals surface area contributed by atoms with Crippen LogP contribution in [0.1, 0.15) is 0 Å². The minimum absolute atomic E-state index is 0.889. The summed E-state index contributed by atoms with van der Waals surface area (Å²) in [5, 5.41) is 9.64. The average Bonchev–Trinajstić information content (AvgIpc) is 4.01. The molecule has 13 rings (SSSR count). The van der Waals surface area contributed by atoms with E-state index in [-0.39, 0.29) is 0 Å². The van der Waals surface area contributed by atoms with Gasteiger partial charge in [-0.3, -0.25) is 0 Å². The third kappa shape index (κ3) is 4.40. The largest absolute Gasteiger partial charge is 0.456 e. The molecule has 0 saturated carbocycles. The summed E-state index contributed by atoms with van der Waals surface area (Å²) in [6, 6.07) is 72.5. The third-order valence-electron chi connectivity index (χ3n) is 12.2. The van der Waals surface area contributed by atoms with Gasteiger partial charge in [-0.25, -0.2) is 0 Å². The molecule has 4 nitrogen and oxygen atoms in total. The number of hydrogen-bond acceptors (Lipinski definition) is 1. The van der Waals surface area contributed by atoms with Crippen LogP contribution in [0.3, 0.4) is 0 Å². The van der Waals surface area contributed by atoms with Gasteiger partial charge in [0.25, 0.3) is 0 Å². The first-order valence-electron chi connectivity index (χ1n) is 19.8. The predicted molar refractivity (Wildman–Crippen MR) is 242 cm³/mol. The molecule has 0 bridgehead atoms. The molecule has 0 unspecified atom stereocenters. The third-order valence-corrected chi connectivity index (χ3v) is 12.2. The minimum Gasteiger partial charge on any atom is -0.456 e. The number of fused-ring (bicyclic) bond motifs is 12. The van der Waals surface area contributed by atoms with Crippen LogP contribution in [0.25, 0.3) is 116 Å². The molecule has 0 amide bonds. The van der Waals surface area contributed by atoms with E-state index in [1.807, 2.05) is 0 Å². The van der Waals surface area contributed by atoms with Crippen molar-refractivity contribution in [1.29, 1.82) is 0 Å². The van der Waals surface area contributed by atoms with Gasteiger partial charge in [-0.15, -0.1) is 0 Å². The van der Waals surface area contributed by atoms with Crippen molar-refractivity contribution in [3.8, 4) is 28.2 Å². The van der Waals surface area contributed by atoms with Crippen molar-refractivity contribution < 1.29 is 4.42 Å². The van der Waals surface area contributed by atoms with Crippen LogP contribution in [0.2, 0.25) is 0 Å². The molecule has 4 aromatic heterocycles. The first-order chi connectivity index (χ1) is 28.8. The Kier molecular flexibility index (Phi) is 6.41. The second kappa shape index (κ2) is 11.8. The topological polar surface area (TPSA) is 27.9 Å². The monoisotopic (exact) mass is 739 g/mol. The summed E-state index contributed by atoms with van der Waals surface area (Å²) in [4.78, 5) is 0. The molecular formula is C54H33N3O. The lowest BCUT2D eigenvalue weighted by Crippen LogP contribution is -1.95. The van der Waals surface area contributed by atoms with Crippen LogP contribution < -0.4 is 0 Å². The molecule has 0 aliphatic heterocycles. The molecule has 0 radical (unpaired) electrons. The van der Waals surface area contributed by atoms with Crippen LogP contribution in [-0.4, -0.2) is 13.7 Å². The second-order valence-electron chi connectivity index (χ2n) is 15.3. The summed E-state index contributed by atoms with van der Waals surface area (Å²) in [7, 11) is 0. The van der Waals surface area contributed by atoms with Gasteiger partial charge in [0.2, 0.25) is 0 Å². The van der Waals surface area contributed by atoms with Crippen LogP contribution >= 0.6 is 0 Å². The number of nitrogens with zero attached hydrogens (tertiary/aromatic N) is 3. The number of rotatable bonds is 4. The van der Waals surface area contributed by atoms with E-state index in [4.69, 9.17) is 4.42 Å². The van der Waals surface area contributed by atoms with Gasteiger partial charge in [0, 0.05) is 66.2 Å². The first kappa shape index (κ1) is 31.4. The van der Waals surface area contributed by atoms with Crippen molar-refractivity contribution in [3.05, 3.63) is 200 Å². The van der Waals surface area contributed by atoms with E-state index in [0.29, 0.717) is 0 Å². The number of benzene rings is 9. The minimum atomic E-state index is 0.889. The summed E-state index contributed by atoms with van der Waals surface area (Å²) < 4.78 is 13.8. The van der Waals surface area contributed by atoms with Gasteiger partial charge >= 0.3 is 0 Å². The molecule has 4 heteroatoms. The number of furan rings is 1. The standard InChI is InChI=1S/C54H33N3O/c1-4-14-36(15-5-1)55-47-22-12-10-20-39(47)42-30-44-41-28-34(24-26-49(41)57(51(44)32-50(42)55)38-18-8-3-9-19-38)35-25-27-53-45(29-35)46-31-43-40-21-11-13-23-48(40)56(37-16-6-2-7-17-37)52(43)33-54(46)58-53/h1-33H. The molecule has 0 atom stereocenters. The SMILES string of the molecule is c1ccc(-n2c3ccccc3c3cc4c(cc32)oc2ccc(-c3ccc5c(c3)c3cc6c7ccccc7n(-c7ccccc7)c6cc3n5-c3ccccc3)cc24)cc1. The van der Waals surface area contributed by atoms with Crippen LogP contribution in [0, 0.1) is 0 Å². The quantitative estimate of drug-likeness (QED) is 0.177. The van der Waals surface area contributed by atoms with Gasteiger partial charge < -0.3 is 18.1 Å². The average molecular weight is 740 g/mol. The van der Waals surface area contributed by atoms with Crippen molar-refractivity contribution >= 4 is 87.4 Å². The van der Waals surface area contributed by atoms with Gasteiger partial charge in [-0.1, -0.05) is 103 Å². The van der Waals surface area contributed by atoms with E-state index < -0.39 is 0 Å². The Balaban J connectivity index is 1.04. The summed E-state index contributed by atoms with van der Waals surface area (Å²) in [5.41, 5.74) is 14.6. The lowest BCUT2D eigenvalue weighted by molar-refractivity contribution is 0.669. The zero-order chi connectivity index (χ0) is 37.9. The van der Waals surface area contributed by atoms with Gasteiger partial charge in [0.15, 0.2) is 0 Å². The molecule has 58 heavy (non-hydrogen) atoms. The van der Waals surface area contributed by atoms with E-state index in [0.717, 1.165) is 50.1 Å². The molecule has 0 fully saturated rings. The highest BCUT2D eigenvalue weighted by atomic mass is 16.3. The molecule has 0 aliphatic rings. The highest BCUT2D eigenvalue weighted by Gasteiger charge is 2.20. The Bertz CT molecular complexity index is 3770. The summed E-state index contributed by atoms with van der Waals surface area (Å²) in [6.45, 7) is 0. The molecule has 0 saturated heterocycles. The van der Waals surface area contributed by atoms with Gasteiger partial charge in [0.05, 0.1) is 33.1 Å². The van der Waals surface area contributed by atoms with Crippen molar-refractivity contribution in [2.45, 2.75) is 0 Å². The second-order valence-corrected chi connectivity index (χ2v) is 15.3. The van der Waals surface area contributed by atoms with E-state index >= 15 is 0 Å². The normalized spacial score (nSPS) is 12.1. The van der Waals surface area contributed by atoms with Gasteiger partial charge in [-0.05, 0) is 102 Å². The number of aromatic nitrogens is 3. The fourth-order valence-electron chi connectivity index (χ4n) is 9.65. The number of hydrogen-bond donors (Lipinski definition) is 0. The Morgan fingerprint density at radius 2 is 0.638 bits per heavy atom. The lowest BCUT2D eigenvalue weighted by Gasteiger charge is -2.10. The first-order valence-corrected chi connectivity index (χ1v) is 19.8. The van der Waals surface area contributed by atoms with Crippen molar-refractivity contribution in [2.24, 2.45) is 0 Å². The Labute approximate surface area is 332 Å². The zero-order valence-corrected chi connectivity index (χ0v) is 31.3. The zero-order valence-electron chi connectivity index (χ0n) is 31.3. The maximum atomic E-state index is 6.61. The lowest BCUT2D eigenvalue weighted by atomic mass is 10.00. The fourth-order valence-corrected chi connectivity index (χ4v) is 9.65. The van der Waals surface area contributed by atoms with Crippen LogP contribution in [0.15, 0.2) is 205 Å². The molecule has 0 spiro atoms. The highest BCUT2D eigenvalue weighted by Crippen LogP contribution is 2.43. The Hall–Kier alpha value is -7.82. The van der Waals surface area contributed by atoms with E-state index in [1.165, 1.54) is 65.5 Å². The van der Waals surface area contributed by atoms with Gasteiger partial charge in [-0.2, -0.15) is 0 Å². The maximum Gasteiger partial charge on any atom is 0.137 e. The van der Waals surface area contributed by atoms with Crippen LogP contribution in [0.4, 0.5) is 0 Å². The highest BCUT2D eigenvalue weighted by molar-refractivity contribution is 6.20. The molecule has 0 N–H and O–H groups in total. The summed E-state index contributed by atoms with van der Waals surface area (Å²) >= 11 is 0. The van der Waals surface area contributed by atoms with E-state index in [9.17, 15) is 0 Å². The molecule has 9 aromatic carbocycles. The molecule has 270 valence electrons. The van der Waals surface area contributed by atoms with E-state index in [2.05, 4.69) is 214 Å².